The van der Waals surface area contributed by atoms with Gasteiger partial charge in [0.05, 0.1) is 13.2 Å². The highest BCUT2D eigenvalue weighted by atomic mass is 16.5. The minimum atomic E-state index is 0.107. The fourth-order valence-corrected chi connectivity index (χ4v) is 1.48. The van der Waals surface area contributed by atoms with E-state index in [0.717, 1.165) is 11.5 Å². The molecular formula is C12H21NO3. The van der Waals surface area contributed by atoms with E-state index in [9.17, 15) is 0 Å². The Hall–Kier alpha value is -0.840. The molecule has 1 heterocycles. The van der Waals surface area contributed by atoms with Gasteiger partial charge in [-0.3, -0.25) is 0 Å². The molecule has 0 saturated carbocycles. The molecule has 0 bridgehead atoms. The Kier molecular flexibility index (Phi) is 5.52. The lowest BCUT2D eigenvalue weighted by atomic mass is 10.1. The zero-order valence-electron chi connectivity index (χ0n) is 10.2. The van der Waals surface area contributed by atoms with E-state index in [1.807, 2.05) is 12.1 Å². The summed E-state index contributed by atoms with van der Waals surface area (Å²) in [7, 11) is 1.64. The summed E-state index contributed by atoms with van der Waals surface area (Å²) in [6.45, 7) is 5.42. The van der Waals surface area contributed by atoms with E-state index in [1.54, 1.807) is 7.11 Å². The topological polar surface area (TPSA) is 54.6 Å². The van der Waals surface area contributed by atoms with Crippen molar-refractivity contribution in [3.63, 3.8) is 0 Å². The third-order valence-corrected chi connectivity index (χ3v) is 2.54. The van der Waals surface area contributed by atoms with Gasteiger partial charge in [0.2, 0.25) is 0 Å². The molecule has 1 aromatic heterocycles. The van der Waals surface area contributed by atoms with Crippen molar-refractivity contribution in [2.45, 2.75) is 33.0 Å². The van der Waals surface area contributed by atoms with Gasteiger partial charge in [-0.2, -0.15) is 0 Å². The van der Waals surface area contributed by atoms with E-state index in [0.29, 0.717) is 19.1 Å². The summed E-state index contributed by atoms with van der Waals surface area (Å²) in [4.78, 5) is 0. The molecule has 2 N–H and O–H groups in total. The van der Waals surface area contributed by atoms with Gasteiger partial charge in [0.15, 0.2) is 0 Å². The summed E-state index contributed by atoms with van der Waals surface area (Å²) in [6, 6.07) is 3.94. The molecule has 0 unspecified atom stereocenters. The summed E-state index contributed by atoms with van der Waals surface area (Å²) in [5, 5.41) is 12.4. The summed E-state index contributed by atoms with van der Waals surface area (Å²) < 4.78 is 10.5. The van der Waals surface area contributed by atoms with Crippen LogP contribution in [-0.4, -0.2) is 24.9 Å². The molecule has 0 amide bonds. The number of furan rings is 1. The summed E-state index contributed by atoms with van der Waals surface area (Å²) >= 11 is 0. The molecule has 0 radical (unpaired) electrons. The molecule has 1 rings (SSSR count). The number of hydrogen-bond acceptors (Lipinski definition) is 4. The van der Waals surface area contributed by atoms with Crippen LogP contribution in [0.15, 0.2) is 16.5 Å². The van der Waals surface area contributed by atoms with Crippen molar-refractivity contribution in [3.05, 3.63) is 23.7 Å². The molecule has 0 aromatic carbocycles. The van der Waals surface area contributed by atoms with Crippen LogP contribution in [0.1, 0.15) is 25.4 Å². The summed E-state index contributed by atoms with van der Waals surface area (Å²) in [6.07, 6.45) is 0. The van der Waals surface area contributed by atoms with Crippen molar-refractivity contribution < 1.29 is 14.3 Å². The van der Waals surface area contributed by atoms with Crippen LogP contribution in [0.2, 0.25) is 0 Å². The predicted octanol–water partition coefficient (Wildman–Crippen LogP) is 1.53. The lowest BCUT2D eigenvalue weighted by Crippen LogP contribution is -2.36. The Morgan fingerprint density at radius 1 is 1.38 bits per heavy atom. The van der Waals surface area contributed by atoms with Gasteiger partial charge in [-0.1, -0.05) is 13.8 Å². The largest absolute Gasteiger partial charge is 0.462 e. The zero-order chi connectivity index (χ0) is 12.0. The highest BCUT2D eigenvalue weighted by Gasteiger charge is 2.12. The average Bonchev–Trinajstić information content (AvgIpc) is 2.67. The summed E-state index contributed by atoms with van der Waals surface area (Å²) in [5.41, 5.74) is 0. The Bertz CT molecular complexity index is 296. The quantitative estimate of drug-likeness (QED) is 0.741. The second-order valence-corrected chi connectivity index (χ2v) is 4.22. The van der Waals surface area contributed by atoms with Gasteiger partial charge >= 0.3 is 0 Å². The molecule has 1 atom stereocenters. The Morgan fingerprint density at radius 3 is 2.62 bits per heavy atom. The minimum absolute atomic E-state index is 0.107. The fourth-order valence-electron chi connectivity index (χ4n) is 1.48. The van der Waals surface area contributed by atoms with E-state index < -0.39 is 0 Å². The standard InChI is InChI=1S/C12H21NO3/c1-9(2)12(7-14)13-6-10-4-5-11(16-10)8-15-3/h4-5,9,12-14H,6-8H2,1-3H3/t12-/m1/s1. The first kappa shape index (κ1) is 13.2. The van der Waals surface area contributed by atoms with Gasteiger partial charge in [0.25, 0.3) is 0 Å². The number of rotatable bonds is 7. The second kappa shape index (κ2) is 6.68. The number of aliphatic hydroxyl groups is 1. The molecule has 0 aliphatic carbocycles. The van der Waals surface area contributed by atoms with Crippen LogP contribution < -0.4 is 5.32 Å². The molecule has 0 fully saturated rings. The number of hydrogen-bond donors (Lipinski definition) is 2. The van der Waals surface area contributed by atoms with Crippen molar-refractivity contribution in [2.75, 3.05) is 13.7 Å². The molecular weight excluding hydrogens is 206 g/mol. The Balaban J connectivity index is 2.41. The van der Waals surface area contributed by atoms with E-state index in [4.69, 9.17) is 14.3 Å². The molecule has 92 valence electrons. The number of ether oxygens (including phenoxy) is 1. The van der Waals surface area contributed by atoms with E-state index in [2.05, 4.69) is 19.2 Å². The first-order valence-electron chi connectivity index (χ1n) is 5.58. The molecule has 0 aliphatic rings. The maximum Gasteiger partial charge on any atom is 0.129 e. The lowest BCUT2D eigenvalue weighted by molar-refractivity contribution is 0.161. The lowest BCUT2D eigenvalue weighted by Gasteiger charge is -2.19. The van der Waals surface area contributed by atoms with Gasteiger partial charge < -0.3 is 19.6 Å². The van der Waals surface area contributed by atoms with E-state index >= 15 is 0 Å². The predicted molar refractivity (Wildman–Crippen MR) is 62.0 cm³/mol. The monoisotopic (exact) mass is 227 g/mol. The Morgan fingerprint density at radius 2 is 2.06 bits per heavy atom. The maximum absolute atomic E-state index is 9.15. The minimum Gasteiger partial charge on any atom is -0.462 e. The van der Waals surface area contributed by atoms with Gasteiger partial charge in [-0.25, -0.2) is 0 Å². The smallest absolute Gasteiger partial charge is 0.129 e. The third-order valence-electron chi connectivity index (χ3n) is 2.54. The number of nitrogens with one attached hydrogen (secondary N) is 1. The van der Waals surface area contributed by atoms with Crippen LogP contribution in [0.3, 0.4) is 0 Å². The molecule has 0 saturated heterocycles. The average molecular weight is 227 g/mol. The maximum atomic E-state index is 9.15. The third kappa shape index (κ3) is 3.96. The van der Waals surface area contributed by atoms with Crippen LogP contribution in [0.25, 0.3) is 0 Å². The van der Waals surface area contributed by atoms with Gasteiger partial charge in [-0.05, 0) is 18.1 Å². The SMILES string of the molecule is COCc1ccc(CN[C@H](CO)C(C)C)o1. The van der Waals surface area contributed by atoms with Gasteiger partial charge in [-0.15, -0.1) is 0 Å². The molecule has 16 heavy (non-hydrogen) atoms. The summed E-state index contributed by atoms with van der Waals surface area (Å²) in [5.74, 6) is 2.09. The highest BCUT2D eigenvalue weighted by Crippen LogP contribution is 2.09. The molecule has 1 aromatic rings. The number of aliphatic hydroxyl groups excluding tert-OH is 1. The van der Waals surface area contributed by atoms with Crippen molar-refractivity contribution in [1.82, 2.24) is 5.32 Å². The zero-order valence-corrected chi connectivity index (χ0v) is 10.2. The van der Waals surface area contributed by atoms with E-state index in [-0.39, 0.29) is 12.6 Å². The van der Waals surface area contributed by atoms with Crippen molar-refractivity contribution >= 4 is 0 Å². The van der Waals surface area contributed by atoms with Crippen LogP contribution in [0.4, 0.5) is 0 Å². The van der Waals surface area contributed by atoms with Crippen LogP contribution >= 0.6 is 0 Å². The van der Waals surface area contributed by atoms with Gasteiger partial charge in [0, 0.05) is 13.2 Å². The van der Waals surface area contributed by atoms with Gasteiger partial charge in [0.1, 0.15) is 18.1 Å². The van der Waals surface area contributed by atoms with Crippen molar-refractivity contribution in [2.24, 2.45) is 5.92 Å². The second-order valence-electron chi connectivity index (χ2n) is 4.22. The highest BCUT2D eigenvalue weighted by molar-refractivity contribution is 5.06. The van der Waals surface area contributed by atoms with E-state index in [1.165, 1.54) is 0 Å². The number of methoxy groups -OCH3 is 1. The van der Waals surface area contributed by atoms with Crippen LogP contribution in [0, 0.1) is 5.92 Å². The molecule has 4 nitrogen and oxygen atoms in total. The molecule has 4 heteroatoms. The normalized spacial score (nSPS) is 13.3. The molecule has 0 aliphatic heterocycles. The fraction of sp³-hybridized carbons (Fsp3) is 0.667. The Labute approximate surface area is 96.6 Å². The van der Waals surface area contributed by atoms with Crippen molar-refractivity contribution in [1.29, 1.82) is 0 Å². The molecule has 0 spiro atoms. The first-order valence-corrected chi connectivity index (χ1v) is 5.58. The van der Waals surface area contributed by atoms with Crippen LogP contribution in [-0.2, 0) is 17.9 Å². The van der Waals surface area contributed by atoms with Crippen molar-refractivity contribution in [3.8, 4) is 0 Å². The van der Waals surface area contributed by atoms with Crippen LogP contribution in [0.5, 0.6) is 0 Å². The first-order chi connectivity index (χ1) is 7.67.